The van der Waals surface area contributed by atoms with Gasteiger partial charge in [-0.1, -0.05) is 24.3 Å². The number of carbonyl (C=O) groups excluding carboxylic acids is 1. The molecule has 76 valence electrons. The van der Waals surface area contributed by atoms with Crippen molar-refractivity contribution in [2.45, 2.75) is 6.54 Å². The third-order valence-corrected chi connectivity index (χ3v) is 2.48. The summed E-state index contributed by atoms with van der Waals surface area (Å²) < 4.78 is 0. The van der Waals surface area contributed by atoms with Gasteiger partial charge in [-0.05, 0) is 28.5 Å². The molecular weight excluding hydrogens is 188 g/mol. The van der Waals surface area contributed by atoms with Crippen molar-refractivity contribution >= 4 is 16.7 Å². The lowest BCUT2D eigenvalue weighted by Gasteiger charge is -2.04. The van der Waals surface area contributed by atoms with Gasteiger partial charge in [-0.25, -0.2) is 0 Å². The molecule has 2 aromatic rings. The largest absolute Gasteiger partial charge is 0.366 e. The lowest BCUT2D eigenvalue weighted by molar-refractivity contribution is 0.100. The zero-order valence-corrected chi connectivity index (χ0v) is 8.23. The van der Waals surface area contributed by atoms with Crippen LogP contribution in [-0.2, 0) is 6.54 Å². The molecule has 0 saturated heterocycles. The Morgan fingerprint density at radius 2 is 2.00 bits per heavy atom. The van der Waals surface area contributed by atoms with Crippen molar-refractivity contribution in [1.82, 2.24) is 0 Å². The number of amides is 1. The molecular formula is C12H12N2O. The first-order valence-electron chi connectivity index (χ1n) is 4.74. The van der Waals surface area contributed by atoms with E-state index in [1.54, 1.807) is 12.1 Å². The van der Waals surface area contributed by atoms with Gasteiger partial charge in [0.1, 0.15) is 0 Å². The lowest BCUT2D eigenvalue weighted by atomic mass is 10.0. The molecule has 2 aromatic carbocycles. The Labute approximate surface area is 87.7 Å². The molecule has 4 N–H and O–H groups in total. The summed E-state index contributed by atoms with van der Waals surface area (Å²) in [6.45, 7) is 0.493. The van der Waals surface area contributed by atoms with E-state index in [1.807, 2.05) is 24.3 Å². The summed E-state index contributed by atoms with van der Waals surface area (Å²) in [7, 11) is 0. The first kappa shape index (κ1) is 9.68. The summed E-state index contributed by atoms with van der Waals surface area (Å²) in [5, 5.41) is 2.07. The highest BCUT2D eigenvalue weighted by Gasteiger charge is 2.03. The Kier molecular flexibility index (Phi) is 2.39. The SMILES string of the molecule is NCc1cccc2cc(C(N)=O)ccc12. The van der Waals surface area contributed by atoms with E-state index in [1.165, 1.54) is 0 Å². The molecule has 0 bridgehead atoms. The Hall–Kier alpha value is -1.87. The summed E-state index contributed by atoms with van der Waals surface area (Å²) in [5.41, 5.74) is 12.4. The zero-order valence-electron chi connectivity index (χ0n) is 8.23. The fraction of sp³-hybridized carbons (Fsp3) is 0.0833. The zero-order chi connectivity index (χ0) is 10.8. The molecule has 2 rings (SSSR count). The number of carbonyl (C=O) groups is 1. The van der Waals surface area contributed by atoms with Gasteiger partial charge in [0, 0.05) is 12.1 Å². The van der Waals surface area contributed by atoms with E-state index in [0.717, 1.165) is 16.3 Å². The van der Waals surface area contributed by atoms with Crippen molar-refractivity contribution in [3.8, 4) is 0 Å². The first-order chi connectivity index (χ1) is 7.22. The molecule has 0 atom stereocenters. The van der Waals surface area contributed by atoms with Crippen molar-refractivity contribution in [3.63, 3.8) is 0 Å². The second-order valence-electron chi connectivity index (χ2n) is 3.42. The van der Waals surface area contributed by atoms with Gasteiger partial charge in [0.05, 0.1) is 0 Å². The highest BCUT2D eigenvalue weighted by molar-refractivity contribution is 5.98. The smallest absolute Gasteiger partial charge is 0.248 e. The van der Waals surface area contributed by atoms with Crippen LogP contribution in [0.4, 0.5) is 0 Å². The fourth-order valence-electron chi connectivity index (χ4n) is 1.68. The second-order valence-corrected chi connectivity index (χ2v) is 3.42. The third-order valence-electron chi connectivity index (χ3n) is 2.48. The van der Waals surface area contributed by atoms with E-state index < -0.39 is 5.91 Å². The van der Waals surface area contributed by atoms with Crippen LogP contribution in [0.15, 0.2) is 36.4 Å². The van der Waals surface area contributed by atoms with Crippen LogP contribution in [0.1, 0.15) is 15.9 Å². The number of rotatable bonds is 2. The van der Waals surface area contributed by atoms with Crippen LogP contribution < -0.4 is 11.5 Å². The molecule has 0 aliphatic rings. The van der Waals surface area contributed by atoms with Gasteiger partial charge in [0.25, 0.3) is 0 Å². The second kappa shape index (κ2) is 3.71. The Bertz CT molecular complexity index is 520. The molecule has 0 unspecified atom stereocenters. The first-order valence-corrected chi connectivity index (χ1v) is 4.74. The lowest BCUT2D eigenvalue weighted by Crippen LogP contribution is -2.10. The summed E-state index contributed by atoms with van der Waals surface area (Å²) >= 11 is 0. The van der Waals surface area contributed by atoms with Gasteiger partial charge in [-0.15, -0.1) is 0 Å². The third kappa shape index (κ3) is 1.69. The molecule has 0 aromatic heterocycles. The highest BCUT2D eigenvalue weighted by Crippen LogP contribution is 2.19. The summed E-state index contributed by atoms with van der Waals surface area (Å²) in [4.78, 5) is 11.0. The maximum absolute atomic E-state index is 11.0. The molecule has 0 heterocycles. The number of fused-ring (bicyclic) bond motifs is 1. The minimum atomic E-state index is -0.407. The van der Waals surface area contributed by atoms with E-state index in [0.29, 0.717) is 12.1 Å². The van der Waals surface area contributed by atoms with Crippen molar-refractivity contribution in [2.75, 3.05) is 0 Å². The molecule has 15 heavy (non-hydrogen) atoms. The van der Waals surface area contributed by atoms with Crippen LogP contribution in [0.2, 0.25) is 0 Å². The minimum Gasteiger partial charge on any atom is -0.366 e. The molecule has 3 nitrogen and oxygen atoms in total. The van der Waals surface area contributed by atoms with Gasteiger partial charge in [0.2, 0.25) is 5.91 Å². The Morgan fingerprint density at radius 3 is 2.67 bits per heavy atom. The van der Waals surface area contributed by atoms with E-state index in [2.05, 4.69) is 0 Å². The van der Waals surface area contributed by atoms with Gasteiger partial charge >= 0.3 is 0 Å². The van der Waals surface area contributed by atoms with Crippen LogP contribution in [0.25, 0.3) is 10.8 Å². The van der Waals surface area contributed by atoms with E-state index in [-0.39, 0.29) is 0 Å². The topological polar surface area (TPSA) is 69.1 Å². The summed E-state index contributed by atoms with van der Waals surface area (Å²) in [6, 6.07) is 11.3. The minimum absolute atomic E-state index is 0.407. The monoisotopic (exact) mass is 200 g/mol. The predicted molar refractivity (Wildman–Crippen MR) is 60.4 cm³/mol. The Balaban J connectivity index is 2.69. The van der Waals surface area contributed by atoms with Crippen molar-refractivity contribution in [3.05, 3.63) is 47.5 Å². The molecule has 0 aliphatic heterocycles. The number of hydrogen-bond donors (Lipinski definition) is 2. The van der Waals surface area contributed by atoms with Gasteiger partial charge in [-0.3, -0.25) is 4.79 Å². The van der Waals surface area contributed by atoms with Crippen molar-refractivity contribution < 1.29 is 4.79 Å². The van der Waals surface area contributed by atoms with Crippen LogP contribution in [0.5, 0.6) is 0 Å². The van der Waals surface area contributed by atoms with Crippen LogP contribution >= 0.6 is 0 Å². The Morgan fingerprint density at radius 1 is 1.20 bits per heavy atom. The standard InChI is InChI=1S/C12H12N2O/c13-7-10-3-1-2-8-6-9(12(14)15)4-5-11(8)10/h1-6H,7,13H2,(H2,14,15). The maximum Gasteiger partial charge on any atom is 0.248 e. The molecule has 0 aliphatic carbocycles. The molecule has 0 fully saturated rings. The fourth-order valence-corrected chi connectivity index (χ4v) is 1.68. The van der Waals surface area contributed by atoms with Gasteiger partial charge < -0.3 is 11.5 Å². The van der Waals surface area contributed by atoms with Crippen molar-refractivity contribution in [1.29, 1.82) is 0 Å². The van der Waals surface area contributed by atoms with Crippen LogP contribution in [0.3, 0.4) is 0 Å². The number of hydrogen-bond acceptors (Lipinski definition) is 2. The average molecular weight is 200 g/mol. The maximum atomic E-state index is 11.0. The van der Waals surface area contributed by atoms with Crippen LogP contribution in [0, 0.1) is 0 Å². The number of primary amides is 1. The summed E-state index contributed by atoms with van der Waals surface area (Å²) in [6.07, 6.45) is 0. The quantitative estimate of drug-likeness (QED) is 0.769. The number of nitrogens with two attached hydrogens (primary N) is 2. The van der Waals surface area contributed by atoms with Crippen molar-refractivity contribution in [2.24, 2.45) is 11.5 Å². The molecule has 3 heteroatoms. The molecule has 0 radical (unpaired) electrons. The van der Waals surface area contributed by atoms with Gasteiger partial charge in [0.15, 0.2) is 0 Å². The number of benzene rings is 2. The normalized spacial score (nSPS) is 10.5. The molecule has 1 amide bonds. The van der Waals surface area contributed by atoms with E-state index in [9.17, 15) is 4.79 Å². The molecule has 0 spiro atoms. The highest BCUT2D eigenvalue weighted by atomic mass is 16.1. The van der Waals surface area contributed by atoms with E-state index in [4.69, 9.17) is 11.5 Å². The predicted octanol–water partition coefficient (Wildman–Crippen LogP) is 1.40. The molecule has 0 saturated carbocycles. The average Bonchev–Trinajstić information content (AvgIpc) is 2.27. The van der Waals surface area contributed by atoms with Crippen LogP contribution in [-0.4, -0.2) is 5.91 Å². The summed E-state index contributed by atoms with van der Waals surface area (Å²) in [5.74, 6) is -0.407. The van der Waals surface area contributed by atoms with Gasteiger partial charge in [-0.2, -0.15) is 0 Å². The van der Waals surface area contributed by atoms with E-state index >= 15 is 0 Å².